The summed E-state index contributed by atoms with van der Waals surface area (Å²) in [6.45, 7) is 1.51. The number of hydrogen-bond acceptors (Lipinski definition) is 7. The second-order valence-corrected chi connectivity index (χ2v) is 5.52. The minimum Gasteiger partial charge on any atom is -0.481 e. The number of rotatable bonds is 4. The zero-order valence-electron chi connectivity index (χ0n) is 13.3. The van der Waals surface area contributed by atoms with Gasteiger partial charge >= 0.3 is 0 Å². The summed E-state index contributed by atoms with van der Waals surface area (Å²) in [4.78, 5) is 27.0. The van der Waals surface area contributed by atoms with Gasteiger partial charge in [0.15, 0.2) is 5.82 Å². The summed E-state index contributed by atoms with van der Waals surface area (Å²) in [7, 11) is 3.31. The van der Waals surface area contributed by atoms with Crippen molar-refractivity contribution < 1.29 is 4.74 Å². The maximum atomic E-state index is 12.2. The quantitative estimate of drug-likeness (QED) is 0.887. The maximum Gasteiger partial charge on any atom is 0.293 e. The van der Waals surface area contributed by atoms with Crippen LogP contribution in [0.15, 0.2) is 29.5 Å². The molecule has 1 aliphatic rings. The number of nitrogens with zero attached hydrogens (tertiary/aromatic N) is 5. The second kappa shape index (κ2) is 6.64. The molecule has 1 unspecified atom stereocenters. The molecule has 0 saturated carbocycles. The molecule has 0 spiro atoms. The largest absolute Gasteiger partial charge is 0.481 e. The van der Waals surface area contributed by atoms with Crippen LogP contribution >= 0.6 is 0 Å². The first kappa shape index (κ1) is 15.3. The number of aryl methyl sites for hydroxylation is 1. The van der Waals surface area contributed by atoms with E-state index >= 15 is 0 Å². The van der Waals surface area contributed by atoms with E-state index in [4.69, 9.17) is 4.74 Å². The van der Waals surface area contributed by atoms with Crippen LogP contribution in [-0.2, 0) is 7.05 Å². The van der Waals surface area contributed by atoms with Crippen LogP contribution in [-0.4, -0.2) is 45.8 Å². The van der Waals surface area contributed by atoms with Gasteiger partial charge in [-0.1, -0.05) is 0 Å². The summed E-state index contributed by atoms with van der Waals surface area (Å²) < 4.78 is 6.65. The first-order valence-corrected chi connectivity index (χ1v) is 7.57. The highest BCUT2D eigenvalue weighted by Crippen LogP contribution is 2.17. The lowest BCUT2D eigenvalue weighted by molar-refractivity contribution is 0.397. The summed E-state index contributed by atoms with van der Waals surface area (Å²) in [6.07, 6.45) is 6.93. The number of ether oxygens (including phenoxy) is 1. The molecule has 1 saturated heterocycles. The van der Waals surface area contributed by atoms with Crippen LogP contribution < -0.4 is 20.5 Å². The van der Waals surface area contributed by atoms with E-state index in [0.29, 0.717) is 24.2 Å². The standard InChI is InChI=1S/C15H20N6O2/c1-20-9-7-16-13(14(20)22)21-8-3-4-11(10-21)18-15-17-6-5-12(19-15)23-2/h5-7,9,11H,3-4,8,10H2,1-2H3,(H,17,18,19). The predicted octanol–water partition coefficient (Wildman–Crippen LogP) is 0.660. The fourth-order valence-corrected chi connectivity index (χ4v) is 2.70. The topological polar surface area (TPSA) is 85.2 Å². The number of methoxy groups -OCH3 is 1. The average Bonchev–Trinajstić information content (AvgIpc) is 2.58. The molecule has 122 valence electrons. The van der Waals surface area contributed by atoms with Crippen LogP contribution in [0, 0.1) is 0 Å². The highest BCUT2D eigenvalue weighted by Gasteiger charge is 2.23. The first-order valence-electron chi connectivity index (χ1n) is 7.57. The number of piperidine rings is 1. The third-order valence-corrected chi connectivity index (χ3v) is 3.89. The summed E-state index contributed by atoms with van der Waals surface area (Å²) in [5.41, 5.74) is -0.0780. The third-order valence-electron chi connectivity index (χ3n) is 3.89. The fraction of sp³-hybridized carbons (Fsp3) is 0.467. The van der Waals surface area contributed by atoms with Crippen molar-refractivity contribution in [2.24, 2.45) is 7.05 Å². The number of hydrogen-bond donors (Lipinski definition) is 1. The smallest absolute Gasteiger partial charge is 0.293 e. The van der Waals surface area contributed by atoms with E-state index in [2.05, 4.69) is 20.3 Å². The molecule has 1 aliphatic heterocycles. The zero-order valence-corrected chi connectivity index (χ0v) is 13.3. The van der Waals surface area contributed by atoms with Crippen LogP contribution in [0.25, 0.3) is 0 Å². The van der Waals surface area contributed by atoms with Crippen molar-refractivity contribution in [3.63, 3.8) is 0 Å². The molecule has 1 N–H and O–H groups in total. The van der Waals surface area contributed by atoms with E-state index < -0.39 is 0 Å². The summed E-state index contributed by atoms with van der Waals surface area (Å²) in [5, 5.41) is 3.31. The second-order valence-electron chi connectivity index (χ2n) is 5.52. The minimum absolute atomic E-state index is 0.0780. The Bertz CT molecular complexity index is 732. The van der Waals surface area contributed by atoms with Gasteiger partial charge in [0.1, 0.15) is 0 Å². The molecule has 8 heteroatoms. The number of anilines is 2. The van der Waals surface area contributed by atoms with E-state index in [9.17, 15) is 4.79 Å². The lowest BCUT2D eigenvalue weighted by Gasteiger charge is -2.33. The summed E-state index contributed by atoms with van der Waals surface area (Å²) in [6, 6.07) is 1.86. The molecule has 0 aliphatic carbocycles. The van der Waals surface area contributed by atoms with Gasteiger partial charge in [-0.25, -0.2) is 9.97 Å². The summed E-state index contributed by atoms with van der Waals surface area (Å²) in [5.74, 6) is 1.55. The van der Waals surface area contributed by atoms with Crippen molar-refractivity contribution in [1.82, 2.24) is 19.5 Å². The van der Waals surface area contributed by atoms with E-state index in [1.165, 1.54) is 0 Å². The first-order chi connectivity index (χ1) is 11.2. The van der Waals surface area contributed by atoms with Gasteiger partial charge < -0.3 is 19.5 Å². The molecule has 23 heavy (non-hydrogen) atoms. The van der Waals surface area contributed by atoms with Crippen LogP contribution in [0.3, 0.4) is 0 Å². The molecule has 1 atom stereocenters. The van der Waals surface area contributed by atoms with Crippen LogP contribution in [0.1, 0.15) is 12.8 Å². The van der Waals surface area contributed by atoms with Crippen molar-refractivity contribution in [1.29, 1.82) is 0 Å². The molecule has 2 aromatic heterocycles. The third kappa shape index (κ3) is 3.41. The molecule has 0 amide bonds. The number of aromatic nitrogens is 4. The van der Waals surface area contributed by atoms with Gasteiger partial charge in [0, 0.05) is 50.8 Å². The lowest BCUT2D eigenvalue weighted by Crippen LogP contribution is -2.45. The highest BCUT2D eigenvalue weighted by molar-refractivity contribution is 5.38. The Morgan fingerprint density at radius 3 is 3.04 bits per heavy atom. The minimum atomic E-state index is -0.0780. The molecule has 8 nitrogen and oxygen atoms in total. The van der Waals surface area contributed by atoms with E-state index in [0.717, 1.165) is 19.4 Å². The fourth-order valence-electron chi connectivity index (χ4n) is 2.70. The number of nitrogens with one attached hydrogen (secondary N) is 1. The van der Waals surface area contributed by atoms with Gasteiger partial charge in [0.25, 0.3) is 5.56 Å². The molecule has 3 rings (SSSR count). The summed E-state index contributed by atoms with van der Waals surface area (Å²) >= 11 is 0. The molecule has 3 heterocycles. The van der Waals surface area contributed by atoms with Crippen molar-refractivity contribution in [3.05, 3.63) is 35.0 Å². The van der Waals surface area contributed by atoms with Crippen molar-refractivity contribution in [2.75, 3.05) is 30.4 Å². The lowest BCUT2D eigenvalue weighted by atomic mass is 10.1. The van der Waals surface area contributed by atoms with Crippen molar-refractivity contribution in [3.8, 4) is 5.88 Å². The van der Waals surface area contributed by atoms with Gasteiger partial charge in [-0.3, -0.25) is 4.79 Å². The predicted molar refractivity (Wildman–Crippen MR) is 86.9 cm³/mol. The van der Waals surface area contributed by atoms with Gasteiger partial charge in [-0.2, -0.15) is 4.98 Å². The zero-order chi connectivity index (χ0) is 16.2. The van der Waals surface area contributed by atoms with Gasteiger partial charge in [0.05, 0.1) is 7.11 Å². The Hall–Kier alpha value is -2.64. The molecular weight excluding hydrogens is 296 g/mol. The van der Waals surface area contributed by atoms with Gasteiger partial charge in [-0.05, 0) is 12.8 Å². The van der Waals surface area contributed by atoms with Crippen LogP contribution in [0.4, 0.5) is 11.8 Å². The Morgan fingerprint density at radius 2 is 2.22 bits per heavy atom. The molecular formula is C15H20N6O2. The molecule has 0 radical (unpaired) electrons. The maximum absolute atomic E-state index is 12.2. The van der Waals surface area contributed by atoms with E-state index in [1.54, 1.807) is 43.4 Å². The Labute approximate surface area is 134 Å². The van der Waals surface area contributed by atoms with E-state index in [-0.39, 0.29) is 11.6 Å². The molecule has 2 aromatic rings. The van der Waals surface area contributed by atoms with E-state index in [1.807, 2.05) is 4.90 Å². The van der Waals surface area contributed by atoms with Crippen molar-refractivity contribution >= 4 is 11.8 Å². The Morgan fingerprint density at radius 1 is 1.35 bits per heavy atom. The van der Waals surface area contributed by atoms with Gasteiger partial charge in [0.2, 0.25) is 11.8 Å². The Balaban J connectivity index is 1.73. The van der Waals surface area contributed by atoms with Crippen molar-refractivity contribution in [2.45, 2.75) is 18.9 Å². The molecule has 0 bridgehead atoms. The Kier molecular flexibility index (Phi) is 4.40. The normalized spacial score (nSPS) is 17.8. The SMILES string of the molecule is COc1ccnc(NC2CCCN(c3nccn(C)c3=O)C2)n1. The average molecular weight is 316 g/mol. The van der Waals surface area contributed by atoms with Crippen LogP contribution in [0.2, 0.25) is 0 Å². The van der Waals surface area contributed by atoms with Gasteiger partial charge in [-0.15, -0.1) is 0 Å². The highest BCUT2D eigenvalue weighted by atomic mass is 16.5. The van der Waals surface area contributed by atoms with Crippen LogP contribution in [0.5, 0.6) is 5.88 Å². The molecule has 1 fully saturated rings. The molecule has 0 aromatic carbocycles. The monoisotopic (exact) mass is 316 g/mol.